The van der Waals surface area contributed by atoms with Gasteiger partial charge in [-0.2, -0.15) is 0 Å². The van der Waals surface area contributed by atoms with Crippen molar-refractivity contribution in [2.24, 2.45) is 0 Å². The number of hydrogen-bond donors (Lipinski definition) is 0. The third kappa shape index (κ3) is 5.21. The summed E-state index contributed by atoms with van der Waals surface area (Å²) in [7, 11) is 0. The van der Waals surface area contributed by atoms with Crippen LogP contribution in [0, 0.1) is 0 Å². The number of fused-ring (bicyclic) bond motifs is 6. The number of rotatable bonds is 6. The maximum atomic E-state index is 6.51. The van der Waals surface area contributed by atoms with Crippen LogP contribution in [0.5, 0.6) is 0 Å². The minimum atomic E-state index is 0.902. The van der Waals surface area contributed by atoms with Crippen molar-refractivity contribution in [3.63, 3.8) is 0 Å². The van der Waals surface area contributed by atoms with Crippen LogP contribution >= 0.6 is 0 Å². The first kappa shape index (κ1) is 30.0. The van der Waals surface area contributed by atoms with Gasteiger partial charge in [0, 0.05) is 33.2 Å². The summed E-state index contributed by atoms with van der Waals surface area (Å²) in [6, 6.07) is 71.7. The zero-order chi connectivity index (χ0) is 34.4. The Morgan fingerprint density at radius 1 is 0.327 bits per heavy atom. The summed E-state index contributed by atoms with van der Waals surface area (Å²) >= 11 is 0. The van der Waals surface area contributed by atoms with E-state index in [4.69, 9.17) is 4.42 Å². The van der Waals surface area contributed by atoms with Gasteiger partial charge in [0.1, 0.15) is 11.2 Å². The van der Waals surface area contributed by atoms with Crippen LogP contribution in [0.4, 0.5) is 17.1 Å². The Hall–Kier alpha value is -6.90. The molecule has 2 nitrogen and oxygen atoms in total. The van der Waals surface area contributed by atoms with E-state index in [9.17, 15) is 0 Å². The molecule has 1 heterocycles. The summed E-state index contributed by atoms with van der Waals surface area (Å²) in [6.45, 7) is 0. The molecule has 1 aromatic heterocycles. The van der Waals surface area contributed by atoms with E-state index in [0.717, 1.165) is 55.5 Å². The first-order valence-corrected chi connectivity index (χ1v) is 17.8. The second-order valence-electron chi connectivity index (χ2n) is 13.4. The molecule has 0 aliphatic carbocycles. The van der Waals surface area contributed by atoms with Gasteiger partial charge in [0.15, 0.2) is 0 Å². The molecule has 0 amide bonds. The summed E-state index contributed by atoms with van der Waals surface area (Å²) < 4.78 is 6.51. The number of anilines is 3. The first-order valence-electron chi connectivity index (χ1n) is 17.8. The summed E-state index contributed by atoms with van der Waals surface area (Å²) in [4.78, 5) is 2.35. The molecule has 2 heteroatoms. The normalized spacial score (nSPS) is 11.5. The summed E-state index contributed by atoms with van der Waals surface area (Å²) in [5, 5.41) is 7.02. The highest BCUT2D eigenvalue weighted by molar-refractivity contribution is 6.19. The van der Waals surface area contributed by atoms with E-state index in [2.05, 4.69) is 205 Å². The lowest BCUT2D eigenvalue weighted by atomic mass is 9.97. The lowest BCUT2D eigenvalue weighted by Crippen LogP contribution is -2.09. The molecule has 0 saturated carbocycles. The van der Waals surface area contributed by atoms with Gasteiger partial charge in [-0.15, -0.1) is 0 Å². The van der Waals surface area contributed by atoms with Crippen LogP contribution < -0.4 is 4.90 Å². The van der Waals surface area contributed by atoms with E-state index in [1.807, 2.05) is 0 Å². The van der Waals surface area contributed by atoms with Crippen molar-refractivity contribution in [3.8, 4) is 33.4 Å². The summed E-state index contributed by atoms with van der Waals surface area (Å²) in [5.41, 5.74) is 12.3. The van der Waals surface area contributed by atoms with Crippen LogP contribution in [0.2, 0.25) is 0 Å². The average Bonchev–Trinajstić information content (AvgIpc) is 3.62. The molecule has 0 unspecified atom stereocenters. The van der Waals surface area contributed by atoms with Crippen molar-refractivity contribution in [2.45, 2.75) is 0 Å². The van der Waals surface area contributed by atoms with Gasteiger partial charge in [0.05, 0.1) is 0 Å². The molecule has 0 aliphatic heterocycles. The fourth-order valence-electron chi connectivity index (χ4n) is 7.65. The van der Waals surface area contributed by atoms with Gasteiger partial charge < -0.3 is 9.32 Å². The molecule has 0 radical (unpaired) electrons. The smallest absolute Gasteiger partial charge is 0.143 e. The molecule has 9 aromatic carbocycles. The predicted molar refractivity (Wildman–Crippen MR) is 220 cm³/mol. The van der Waals surface area contributed by atoms with Gasteiger partial charge in [-0.25, -0.2) is 0 Å². The number of nitrogens with zero attached hydrogens (tertiary/aromatic N) is 1. The van der Waals surface area contributed by atoms with E-state index < -0.39 is 0 Å². The Morgan fingerprint density at radius 3 is 1.63 bits per heavy atom. The topological polar surface area (TPSA) is 16.4 Å². The zero-order valence-corrected chi connectivity index (χ0v) is 28.4. The fourth-order valence-corrected chi connectivity index (χ4v) is 7.65. The standard InChI is InChI=1S/C50H33NO/c1-3-10-34(11-4-1)36-20-26-42(27-21-36)51(44-30-24-40-32-39(18-19-41(40)33-44)35-12-5-2-6-13-35)43-28-22-38(23-29-43)45-16-9-17-48-49(45)47-31-25-37-14-7-8-15-46(37)50(47)52-48/h1-33H. The van der Waals surface area contributed by atoms with Crippen LogP contribution in [0.1, 0.15) is 0 Å². The number of hydrogen-bond acceptors (Lipinski definition) is 2. The molecule has 0 spiro atoms. The third-order valence-corrected chi connectivity index (χ3v) is 10.2. The van der Waals surface area contributed by atoms with Crippen LogP contribution in [-0.2, 0) is 0 Å². The molecule has 0 aliphatic rings. The first-order chi connectivity index (χ1) is 25.8. The van der Waals surface area contributed by atoms with Crippen molar-refractivity contribution in [1.29, 1.82) is 0 Å². The third-order valence-electron chi connectivity index (χ3n) is 10.2. The summed E-state index contributed by atoms with van der Waals surface area (Å²) in [5.74, 6) is 0. The van der Waals surface area contributed by atoms with Gasteiger partial charge >= 0.3 is 0 Å². The van der Waals surface area contributed by atoms with Gasteiger partial charge in [0.25, 0.3) is 0 Å². The van der Waals surface area contributed by atoms with Crippen LogP contribution in [0.3, 0.4) is 0 Å². The van der Waals surface area contributed by atoms with Gasteiger partial charge in [0.2, 0.25) is 0 Å². The fraction of sp³-hybridized carbons (Fsp3) is 0. The van der Waals surface area contributed by atoms with E-state index >= 15 is 0 Å². The maximum absolute atomic E-state index is 6.51. The SMILES string of the molecule is c1ccc(-c2ccc(N(c3ccc(-c4cccc5oc6c7ccccc7ccc6c45)cc3)c3ccc4cc(-c5ccccc5)ccc4c3)cc2)cc1. The van der Waals surface area contributed by atoms with E-state index in [1.165, 1.54) is 38.4 Å². The van der Waals surface area contributed by atoms with Crippen LogP contribution in [0.25, 0.3) is 76.9 Å². The van der Waals surface area contributed by atoms with Gasteiger partial charge in [-0.1, -0.05) is 146 Å². The molecule has 0 fully saturated rings. The van der Waals surface area contributed by atoms with Crippen molar-refractivity contribution >= 4 is 60.5 Å². The molecule has 52 heavy (non-hydrogen) atoms. The van der Waals surface area contributed by atoms with Crippen molar-refractivity contribution in [3.05, 3.63) is 200 Å². The van der Waals surface area contributed by atoms with Crippen molar-refractivity contribution in [1.82, 2.24) is 0 Å². The van der Waals surface area contributed by atoms with E-state index in [-0.39, 0.29) is 0 Å². The molecule has 0 atom stereocenters. The molecule has 10 rings (SSSR count). The molecular weight excluding hydrogens is 631 g/mol. The Morgan fingerprint density at radius 2 is 0.885 bits per heavy atom. The Kier molecular flexibility index (Phi) is 7.18. The van der Waals surface area contributed by atoms with E-state index in [0.29, 0.717) is 0 Å². The zero-order valence-electron chi connectivity index (χ0n) is 28.4. The average molecular weight is 664 g/mol. The minimum Gasteiger partial charge on any atom is -0.455 e. The Bertz CT molecular complexity index is 2870. The molecule has 244 valence electrons. The van der Waals surface area contributed by atoms with Crippen molar-refractivity contribution < 1.29 is 4.42 Å². The largest absolute Gasteiger partial charge is 0.455 e. The highest BCUT2D eigenvalue weighted by atomic mass is 16.3. The second-order valence-corrected chi connectivity index (χ2v) is 13.4. The highest BCUT2D eigenvalue weighted by Crippen LogP contribution is 2.42. The van der Waals surface area contributed by atoms with Crippen LogP contribution in [-0.4, -0.2) is 0 Å². The lowest BCUT2D eigenvalue weighted by molar-refractivity contribution is 0.673. The molecule has 10 aromatic rings. The van der Waals surface area contributed by atoms with Gasteiger partial charge in [-0.05, 0) is 104 Å². The monoisotopic (exact) mass is 663 g/mol. The van der Waals surface area contributed by atoms with Crippen LogP contribution in [0.15, 0.2) is 205 Å². The number of furan rings is 1. The van der Waals surface area contributed by atoms with E-state index in [1.54, 1.807) is 0 Å². The molecule has 0 saturated heterocycles. The summed E-state index contributed by atoms with van der Waals surface area (Å²) in [6.07, 6.45) is 0. The second kappa shape index (κ2) is 12.5. The molecular formula is C50H33NO. The Balaban J connectivity index is 1.07. The predicted octanol–water partition coefficient (Wildman–Crippen LogP) is 14.4. The Labute approximate surface area is 302 Å². The molecule has 0 N–H and O–H groups in total. The highest BCUT2D eigenvalue weighted by Gasteiger charge is 2.17. The van der Waals surface area contributed by atoms with Gasteiger partial charge in [-0.3, -0.25) is 0 Å². The maximum Gasteiger partial charge on any atom is 0.143 e. The number of benzene rings is 9. The molecule has 0 bridgehead atoms. The lowest BCUT2D eigenvalue weighted by Gasteiger charge is -2.26. The van der Waals surface area contributed by atoms with Crippen molar-refractivity contribution in [2.75, 3.05) is 4.90 Å². The quantitative estimate of drug-likeness (QED) is 0.176. The minimum absolute atomic E-state index is 0.902.